The van der Waals surface area contributed by atoms with Gasteiger partial charge < -0.3 is 0 Å². The number of hydrogen-bond acceptors (Lipinski definition) is 2. The number of pyridine rings is 1. The van der Waals surface area contributed by atoms with Crippen molar-refractivity contribution >= 4 is 34.5 Å². The maximum atomic E-state index is 6.39. The molecule has 2 aromatic heterocycles. The van der Waals surface area contributed by atoms with Crippen molar-refractivity contribution in [3.8, 4) is 0 Å². The molecule has 0 radical (unpaired) electrons. The van der Waals surface area contributed by atoms with Crippen molar-refractivity contribution in [2.75, 3.05) is 0 Å². The molecule has 0 saturated heterocycles. The van der Waals surface area contributed by atoms with E-state index < -0.39 is 0 Å². The maximum absolute atomic E-state index is 6.39. The highest BCUT2D eigenvalue weighted by atomic mass is 35.5. The van der Waals surface area contributed by atoms with E-state index in [1.807, 2.05) is 6.07 Å². The van der Waals surface area contributed by atoms with E-state index in [0.717, 1.165) is 12.0 Å². The second kappa shape index (κ2) is 5.17. The molecule has 0 bridgehead atoms. The fourth-order valence-corrected chi connectivity index (χ4v) is 3.15. The van der Waals surface area contributed by atoms with Crippen LogP contribution >= 0.6 is 34.5 Å². The first-order valence-corrected chi connectivity index (χ1v) is 6.64. The van der Waals surface area contributed by atoms with Gasteiger partial charge in [-0.3, -0.25) is 4.98 Å². The summed E-state index contributed by atoms with van der Waals surface area (Å²) in [6, 6.07) is 4.00. The predicted molar refractivity (Wildman–Crippen MR) is 70.6 cm³/mol. The smallest absolute Gasteiger partial charge is 0.0722 e. The van der Waals surface area contributed by atoms with Gasteiger partial charge in [-0.05, 0) is 42.0 Å². The lowest BCUT2D eigenvalue weighted by Gasteiger charge is -2.09. The molecule has 1 nitrogen and oxygen atoms in total. The third-order valence-corrected chi connectivity index (χ3v) is 4.42. The Morgan fingerprint density at radius 3 is 2.88 bits per heavy atom. The molecule has 0 aliphatic carbocycles. The normalized spacial score (nSPS) is 12.7. The Kier molecular flexibility index (Phi) is 3.85. The monoisotopic (exact) mass is 271 g/mol. The highest BCUT2D eigenvalue weighted by Crippen LogP contribution is 2.33. The Morgan fingerprint density at radius 2 is 2.25 bits per heavy atom. The van der Waals surface area contributed by atoms with E-state index in [9.17, 15) is 0 Å². The molecule has 0 aromatic carbocycles. The topological polar surface area (TPSA) is 12.9 Å². The molecule has 2 heterocycles. The largest absolute Gasteiger partial charge is 0.263 e. The summed E-state index contributed by atoms with van der Waals surface area (Å²) in [6.07, 6.45) is 4.14. The molecule has 2 rings (SSSR count). The predicted octanol–water partition coefficient (Wildman–Crippen LogP) is 4.63. The summed E-state index contributed by atoms with van der Waals surface area (Å²) in [6.45, 7) is 2.08. The summed E-state index contributed by atoms with van der Waals surface area (Å²) >= 11 is 14.1. The number of rotatable bonds is 3. The quantitative estimate of drug-likeness (QED) is 0.742. The molecule has 0 aliphatic heterocycles. The van der Waals surface area contributed by atoms with Gasteiger partial charge in [-0.1, -0.05) is 11.6 Å². The standard InChI is InChI=1S/C12H11Cl2NS/c1-8-3-5-16-12(8)10(13)6-9-2-4-15-7-11(9)14/h2-5,7,10H,6H2,1H3. The minimum Gasteiger partial charge on any atom is -0.263 e. The van der Waals surface area contributed by atoms with E-state index in [1.165, 1.54) is 10.4 Å². The second-order valence-corrected chi connectivity index (χ2v) is 5.49. The highest BCUT2D eigenvalue weighted by molar-refractivity contribution is 7.10. The zero-order chi connectivity index (χ0) is 11.5. The lowest BCUT2D eigenvalue weighted by molar-refractivity contribution is 0.928. The van der Waals surface area contributed by atoms with Gasteiger partial charge in [0.15, 0.2) is 0 Å². The van der Waals surface area contributed by atoms with E-state index in [1.54, 1.807) is 23.7 Å². The lowest BCUT2D eigenvalue weighted by atomic mass is 10.1. The molecule has 0 N–H and O–H groups in total. The number of alkyl halides is 1. The zero-order valence-electron chi connectivity index (χ0n) is 8.78. The fourth-order valence-electron chi connectivity index (χ4n) is 1.56. The van der Waals surface area contributed by atoms with Crippen LogP contribution in [0.15, 0.2) is 29.9 Å². The van der Waals surface area contributed by atoms with Gasteiger partial charge in [0.05, 0.1) is 10.4 Å². The summed E-state index contributed by atoms with van der Waals surface area (Å²) in [7, 11) is 0. The van der Waals surface area contributed by atoms with Crippen LogP contribution < -0.4 is 0 Å². The highest BCUT2D eigenvalue weighted by Gasteiger charge is 2.14. The van der Waals surface area contributed by atoms with Crippen LogP contribution in [-0.2, 0) is 6.42 Å². The average Bonchev–Trinajstić information content (AvgIpc) is 2.68. The van der Waals surface area contributed by atoms with Crippen LogP contribution in [-0.4, -0.2) is 4.98 Å². The molecular formula is C12H11Cl2NS. The van der Waals surface area contributed by atoms with Crippen molar-refractivity contribution in [3.05, 3.63) is 50.9 Å². The maximum Gasteiger partial charge on any atom is 0.0722 e. The molecule has 1 atom stereocenters. The number of aryl methyl sites for hydroxylation is 1. The van der Waals surface area contributed by atoms with Gasteiger partial charge in [0.2, 0.25) is 0 Å². The van der Waals surface area contributed by atoms with Crippen LogP contribution in [0.2, 0.25) is 5.02 Å². The van der Waals surface area contributed by atoms with Crippen LogP contribution in [0.4, 0.5) is 0 Å². The van der Waals surface area contributed by atoms with Crippen molar-refractivity contribution in [2.24, 2.45) is 0 Å². The van der Waals surface area contributed by atoms with Crippen molar-refractivity contribution < 1.29 is 0 Å². The number of thiophene rings is 1. The van der Waals surface area contributed by atoms with Gasteiger partial charge in [0, 0.05) is 17.3 Å². The average molecular weight is 272 g/mol. The number of hydrogen-bond donors (Lipinski definition) is 0. The molecule has 16 heavy (non-hydrogen) atoms. The van der Waals surface area contributed by atoms with Crippen LogP contribution in [0.1, 0.15) is 21.4 Å². The van der Waals surface area contributed by atoms with Crippen molar-refractivity contribution in [2.45, 2.75) is 18.7 Å². The third kappa shape index (κ3) is 2.57. The first-order valence-electron chi connectivity index (χ1n) is 4.95. The molecular weight excluding hydrogens is 261 g/mol. The Hall–Kier alpha value is -0.570. The molecule has 2 aromatic rings. The minimum atomic E-state index is -0.0140. The van der Waals surface area contributed by atoms with Crippen molar-refractivity contribution in [1.29, 1.82) is 0 Å². The molecule has 0 aliphatic rings. The van der Waals surface area contributed by atoms with Gasteiger partial charge in [-0.2, -0.15) is 0 Å². The molecule has 1 unspecified atom stereocenters. The number of halogens is 2. The number of nitrogens with zero attached hydrogens (tertiary/aromatic N) is 1. The van der Waals surface area contributed by atoms with Gasteiger partial charge in [0.25, 0.3) is 0 Å². The third-order valence-electron chi connectivity index (χ3n) is 2.44. The molecule has 0 fully saturated rings. The first kappa shape index (κ1) is 11.9. The first-order chi connectivity index (χ1) is 7.68. The molecule has 0 saturated carbocycles. The summed E-state index contributed by atoms with van der Waals surface area (Å²) in [4.78, 5) is 5.18. The van der Waals surface area contributed by atoms with E-state index in [2.05, 4.69) is 23.4 Å². The minimum absolute atomic E-state index is 0.0140. The van der Waals surface area contributed by atoms with Gasteiger partial charge in [0.1, 0.15) is 0 Å². The van der Waals surface area contributed by atoms with E-state index in [0.29, 0.717) is 5.02 Å². The fraction of sp³-hybridized carbons (Fsp3) is 0.250. The lowest BCUT2D eigenvalue weighted by Crippen LogP contribution is -1.96. The van der Waals surface area contributed by atoms with Crippen molar-refractivity contribution in [3.63, 3.8) is 0 Å². The SMILES string of the molecule is Cc1ccsc1C(Cl)Cc1ccncc1Cl. The summed E-state index contributed by atoms with van der Waals surface area (Å²) < 4.78 is 0. The van der Waals surface area contributed by atoms with Crippen molar-refractivity contribution in [1.82, 2.24) is 4.98 Å². The molecule has 0 spiro atoms. The number of aromatic nitrogens is 1. The zero-order valence-corrected chi connectivity index (χ0v) is 11.1. The van der Waals surface area contributed by atoms with E-state index in [-0.39, 0.29) is 5.38 Å². The Morgan fingerprint density at radius 1 is 1.44 bits per heavy atom. The van der Waals surface area contributed by atoms with Crippen LogP contribution in [0.25, 0.3) is 0 Å². The second-order valence-electron chi connectivity index (χ2n) is 3.61. The van der Waals surface area contributed by atoms with Crippen LogP contribution in [0, 0.1) is 6.92 Å². The summed E-state index contributed by atoms with van der Waals surface area (Å²) in [5.41, 5.74) is 2.29. The summed E-state index contributed by atoms with van der Waals surface area (Å²) in [5, 5.41) is 2.73. The molecule has 84 valence electrons. The molecule has 0 amide bonds. The summed E-state index contributed by atoms with van der Waals surface area (Å²) in [5.74, 6) is 0. The molecule has 4 heteroatoms. The van der Waals surface area contributed by atoms with E-state index >= 15 is 0 Å². The van der Waals surface area contributed by atoms with E-state index in [4.69, 9.17) is 23.2 Å². The van der Waals surface area contributed by atoms with Crippen LogP contribution in [0.5, 0.6) is 0 Å². The van der Waals surface area contributed by atoms with Gasteiger partial charge in [-0.25, -0.2) is 0 Å². The van der Waals surface area contributed by atoms with Crippen LogP contribution in [0.3, 0.4) is 0 Å². The Balaban J connectivity index is 2.17. The Labute approximate surface area is 109 Å². The van der Waals surface area contributed by atoms with Gasteiger partial charge in [-0.15, -0.1) is 22.9 Å². The van der Waals surface area contributed by atoms with Gasteiger partial charge >= 0.3 is 0 Å². The Bertz CT molecular complexity index is 481.